The number of nitrogens with one attached hydrogen (secondary N) is 1. The predicted molar refractivity (Wildman–Crippen MR) is 105 cm³/mol. The summed E-state index contributed by atoms with van der Waals surface area (Å²) in [4.78, 5) is 33.9. The molecule has 4 rings (SSSR count). The van der Waals surface area contributed by atoms with Gasteiger partial charge in [-0.1, -0.05) is 6.42 Å². The minimum absolute atomic E-state index is 0.156. The molecule has 3 aliphatic rings. The van der Waals surface area contributed by atoms with Crippen LogP contribution in [0.25, 0.3) is 0 Å². The van der Waals surface area contributed by atoms with Crippen molar-refractivity contribution >= 4 is 40.9 Å². The van der Waals surface area contributed by atoms with Crippen LogP contribution in [0.4, 0.5) is 5.82 Å². The second kappa shape index (κ2) is 6.86. The van der Waals surface area contributed by atoms with Crippen LogP contribution in [-0.2, 0) is 9.59 Å². The van der Waals surface area contributed by atoms with E-state index in [1.165, 1.54) is 4.68 Å². The molecule has 1 N–H and O–H groups in total. The molecule has 1 atom stereocenters. The Morgan fingerprint density at radius 1 is 1.30 bits per heavy atom. The Kier molecular flexibility index (Phi) is 4.66. The number of amides is 2. The Balaban J connectivity index is 1.68. The highest BCUT2D eigenvalue weighted by molar-refractivity contribution is 6.20. The number of fused-ring (bicyclic) bond motifs is 1. The van der Waals surface area contributed by atoms with Gasteiger partial charge in [-0.3, -0.25) is 9.59 Å². The standard InChI is InChI=1S/C19H24ClN5O2/c1-19(2,10-20)17(27)22-15-9-14(11-7-8-11)24-25(15)18-21-13-6-4-3-5-12(13)16(26)23-18/h9,11-12H,3-8,10H2,1-2H3,(H,22,27). The number of anilines is 1. The molecule has 1 aromatic rings. The molecule has 0 aromatic carbocycles. The Bertz CT molecular complexity index is 850. The molecule has 1 aliphatic heterocycles. The van der Waals surface area contributed by atoms with Crippen molar-refractivity contribution in [3.63, 3.8) is 0 Å². The maximum atomic E-state index is 12.6. The van der Waals surface area contributed by atoms with Crippen molar-refractivity contribution in [2.24, 2.45) is 21.3 Å². The smallest absolute Gasteiger partial charge is 0.257 e. The lowest BCUT2D eigenvalue weighted by Crippen LogP contribution is -2.35. The van der Waals surface area contributed by atoms with Gasteiger partial charge in [-0.2, -0.15) is 14.8 Å². The summed E-state index contributed by atoms with van der Waals surface area (Å²) in [5, 5.41) is 7.51. The van der Waals surface area contributed by atoms with Gasteiger partial charge < -0.3 is 5.32 Å². The highest BCUT2D eigenvalue weighted by Gasteiger charge is 2.34. The van der Waals surface area contributed by atoms with Crippen molar-refractivity contribution in [2.75, 3.05) is 11.2 Å². The fourth-order valence-electron chi connectivity index (χ4n) is 3.39. The van der Waals surface area contributed by atoms with Gasteiger partial charge in [0.25, 0.3) is 11.9 Å². The molecule has 144 valence electrons. The van der Waals surface area contributed by atoms with E-state index in [2.05, 4.69) is 20.4 Å². The molecule has 0 saturated heterocycles. The number of carbonyl (C=O) groups is 2. The Hall–Kier alpha value is -2.02. The first-order valence-corrected chi connectivity index (χ1v) is 10.1. The molecule has 2 aliphatic carbocycles. The predicted octanol–water partition coefficient (Wildman–Crippen LogP) is 3.34. The van der Waals surface area contributed by atoms with E-state index in [4.69, 9.17) is 11.6 Å². The van der Waals surface area contributed by atoms with Crippen LogP contribution >= 0.6 is 11.6 Å². The largest absolute Gasteiger partial charge is 0.310 e. The second-order valence-electron chi connectivity index (χ2n) is 8.26. The molecule has 1 unspecified atom stereocenters. The van der Waals surface area contributed by atoms with Crippen molar-refractivity contribution in [1.29, 1.82) is 0 Å². The molecule has 0 bridgehead atoms. The van der Waals surface area contributed by atoms with Crippen LogP contribution in [0.15, 0.2) is 16.1 Å². The van der Waals surface area contributed by atoms with E-state index in [1.54, 1.807) is 13.8 Å². The van der Waals surface area contributed by atoms with Gasteiger partial charge in [0.15, 0.2) is 0 Å². The molecule has 27 heavy (non-hydrogen) atoms. The average molecular weight is 390 g/mol. The van der Waals surface area contributed by atoms with E-state index >= 15 is 0 Å². The highest BCUT2D eigenvalue weighted by Crippen LogP contribution is 2.40. The number of hydrogen-bond donors (Lipinski definition) is 1. The molecule has 0 radical (unpaired) electrons. The van der Waals surface area contributed by atoms with E-state index < -0.39 is 5.41 Å². The van der Waals surface area contributed by atoms with E-state index in [9.17, 15) is 9.59 Å². The maximum absolute atomic E-state index is 12.6. The summed E-state index contributed by atoms with van der Waals surface area (Å²) >= 11 is 5.93. The first-order valence-electron chi connectivity index (χ1n) is 9.57. The van der Waals surface area contributed by atoms with Crippen molar-refractivity contribution < 1.29 is 9.59 Å². The molecule has 0 spiro atoms. The minimum Gasteiger partial charge on any atom is -0.310 e. The van der Waals surface area contributed by atoms with Crippen LogP contribution in [0.5, 0.6) is 0 Å². The number of hydrogen-bond acceptors (Lipinski definition) is 4. The van der Waals surface area contributed by atoms with Crippen LogP contribution in [0.3, 0.4) is 0 Å². The number of rotatable bonds is 4. The van der Waals surface area contributed by atoms with Gasteiger partial charge in [-0.25, -0.2) is 4.99 Å². The molecule has 2 heterocycles. The quantitative estimate of drug-likeness (QED) is 0.801. The number of alkyl halides is 1. The van der Waals surface area contributed by atoms with Gasteiger partial charge in [0, 0.05) is 23.6 Å². The normalized spacial score (nSPS) is 22.8. The zero-order chi connectivity index (χ0) is 19.2. The van der Waals surface area contributed by atoms with E-state index in [0.717, 1.165) is 49.9 Å². The van der Waals surface area contributed by atoms with Gasteiger partial charge in [-0.05, 0) is 46.0 Å². The maximum Gasteiger partial charge on any atom is 0.257 e. The van der Waals surface area contributed by atoms with Crippen LogP contribution in [0.1, 0.15) is 64.0 Å². The molecule has 7 nitrogen and oxygen atoms in total. The van der Waals surface area contributed by atoms with Gasteiger partial charge in [0.2, 0.25) is 5.91 Å². The second-order valence-corrected chi connectivity index (χ2v) is 8.53. The lowest BCUT2D eigenvalue weighted by molar-refractivity contribution is -0.123. The Morgan fingerprint density at radius 2 is 2.07 bits per heavy atom. The van der Waals surface area contributed by atoms with Crippen LogP contribution in [-0.4, -0.2) is 39.1 Å². The van der Waals surface area contributed by atoms with Crippen molar-refractivity contribution in [3.05, 3.63) is 11.8 Å². The Morgan fingerprint density at radius 3 is 2.78 bits per heavy atom. The van der Waals surface area contributed by atoms with E-state index in [0.29, 0.717) is 11.7 Å². The van der Waals surface area contributed by atoms with Crippen molar-refractivity contribution in [3.8, 4) is 0 Å². The van der Waals surface area contributed by atoms with E-state index in [1.807, 2.05) is 6.07 Å². The molecule has 1 aromatic heterocycles. The van der Waals surface area contributed by atoms with Gasteiger partial charge >= 0.3 is 0 Å². The molecule has 2 amide bonds. The number of aliphatic imine (C=N–C) groups is 2. The number of halogens is 1. The average Bonchev–Trinajstić information content (AvgIpc) is 3.42. The lowest BCUT2D eigenvalue weighted by Gasteiger charge is -2.25. The first kappa shape index (κ1) is 18.3. The molecule has 8 heteroatoms. The SMILES string of the molecule is CC(C)(CCl)C(=O)Nc1cc(C2CC2)nn1C1=NC(=O)C2CCCCC2=N1. The third kappa shape index (κ3) is 3.57. The summed E-state index contributed by atoms with van der Waals surface area (Å²) in [6.45, 7) is 3.57. The third-order valence-electron chi connectivity index (χ3n) is 5.43. The zero-order valence-corrected chi connectivity index (χ0v) is 16.4. The molecular weight excluding hydrogens is 366 g/mol. The lowest BCUT2D eigenvalue weighted by atomic mass is 9.86. The molecule has 2 fully saturated rings. The number of nitrogens with zero attached hydrogens (tertiary/aromatic N) is 4. The van der Waals surface area contributed by atoms with Crippen molar-refractivity contribution in [1.82, 2.24) is 9.78 Å². The molecular formula is C19H24ClN5O2. The third-order valence-corrected chi connectivity index (χ3v) is 6.10. The zero-order valence-electron chi connectivity index (χ0n) is 15.7. The summed E-state index contributed by atoms with van der Waals surface area (Å²) in [5.41, 5.74) is 1.06. The fraction of sp³-hybridized carbons (Fsp3) is 0.632. The molecule has 2 saturated carbocycles. The van der Waals surface area contributed by atoms with Gasteiger partial charge in [0.05, 0.1) is 17.0 Å². The Labute approximate surface area is 163 Å². The van der Waals surface area contributed by atoms with Gasteiger partial charge in [0.1, 0.15) is 5.82 Å². The topological polar surface area (TPSA) is 88.7 Å². The summed E-state index contributed by atoms with van der Waals surface area (Å²) in [6, 6.07) is 1.86. The summed E-state index contributed by atoms with van der Waals surface area (Å²) < 4.78 is 1.51. The van der Waals surface area contributed by atoms with Crippen LogP contribution in [0, 0.1) is 11.3 Å². The summed E-state index contributed by atoms with van der Waals surface area (Å²) in [6.07, 6.45) is 5.86. The highest BCUT2D eigenvalue weighted by atomic mass is 35.5. The van der Waals surface area contributed by atoms with Crippen LogP contribution < -0.4 is 5.32 Å². The monoisotopic (exact) mass is 389 g/mol. The summed E-state index contributed by atoms with van der Waals surface area (Å²) in [5.74, 6) is 0.797. The van der Waals surface area contributed by atoms with Gasteiger partial charge in [-0.15, -0.1) is 11.6 Å². The van der Waals surface area contributed by atoms with Crippen molar-refractivity contribution in [2.45, 2.75) is 58.3 Å². The number of aromatic nitrogens is 2. The van der Waals surface area contributed by atoms with E-state index in [-0.39, 0.29) is 29.6 Å². The minimum atomic E-state index is -0.721. The fourth-order valence-corrected chi connectivity index (χ4v) is 3.51. The first-order chi connectivity index (χ1) is 12.9. The number of carbonyl (C=O) groups excluding carboxylic acids is 2. The van der Waals surface area contributed by atoms with Crippen LogP contribution in [0.2, 0.25) is 0 Å². The summed E-state index contributed by atoms with van der Waals surface area (Å²) in [7, 11) is 0.